The number of aromatic nitrogens is 2. The molecular formula is C25H43N7O2. The molecule has 0 spiro atoms. The number of nitrogens with one attached hydrogen (secondary N) is 2. The average molecular weight is 474 g/mol. The van der Waals surface area contributed by atoms with E-state index in [4.69, 9.17) is 10.5 Å². The quantitative estimate of drug-likeness (QED) is 0.443. The smallest absolute Gasteiger partial charge is 0.244 e. The number of hydrogen-bond acceptors (Lipinski definition) is 8. The van der Waals surface area contributed by atoms with Crippen molar-refractivity contribution in [3.05, 3.63) is 23.8 Å². The van der Waals surface area contributed by atoms with E-state index in [1.54, 1.807) is 7.11 Å². The van der Waals surface area contributed by atoms with Crippen LogP contribution < -0.4 is 21.3 Å². The van der Waals surface area contributed by atoms with Gasteiger partial charge in [-0.25, -0.2) is 0 Å². The molecule has 190 valence electrons. The summed E-state index contributed by atoms with van der Waals surface area (Å²) in [4.78, 5) is 25.8. The highest BCUT2D eigenvalue weighted by Gasteiger charge is 2.28. The summed E-state index contributed by atoms with van der Waals surface area (Å²) in [7, 11) is 1.65. The molecule has 2 unspecified atom stereocenters. The molecule has 1 saturated heterocycles. The molecule has 1 amide bonds. The second kappa shape index (κ2) is 13.9. The summed E-state index contributed by atoms with van der Waals surface area (Å²) in [5, 5.41) is 6.05. The average Bonchev–Trinajstić information content (AvgIpc) is 3.29. The van der Waals surface area contributed by atoms with E-state index in [0.717, 1.165) is 19.6 Å². The van der Waals surface area contributed by atoms with E-state index in [2.05, 4.69) is 50.7 Å². The summed E-state index contributed by atoms with van der Waals surface area (Å²) in [6, 6.07) is 0.0277. The molecule has 1 aromatic heterocycles. The molecule has 9 heteroatoms. The molecule has 0 aromatic carbocycles. The molecule has 1 aromatic rings. The van der Waals surface area contributed by atoms with Crippen LogP contribution in [0.2, 0.25) is 0 Å². The van der Waals surface area contributed by atoms with Gasteiger partial charge < -0.3 is 26.0 Å². The van der Waals surface area contributed by atoms with Crippen molar-refractivity contribution in [3.8, 4) is 0 Å². The van der Waals surface area contributed by atoms with E-state index in [1.165, 1.54) is 18.4 Å². The van der Waals surface area contributed by atoms with Gasteiger partial charge in [0.15, 0.2) is 11.6 Å². The van der Waals surface area contributed by atoms with Gasteiger partial charge in [-0.3, -0.25) is 9.69 Å². The van der Waals surface area contributed by atoms with Crippen molar-refractivity contribution in [2.45, 2.75) is 53.5 Å². The number of carbonyl (C=O) groups excluding carboxylic acids is 1. The SMILES string of the molecule is C/C=C\C(=C/C(C)CN1CC(=O)Nc2c(N)nc(NC(C)COC)nc21)CN1CCCC1.CC. The molecule has 34 heavy (non-hydrogen) atoms. The van der Waals surface area contributed by atoms with Gasteiger partial charge in [-0.05, 0) is 51.3 Å². The number of carbonyl (C=O) groups is 1. The summed E-state index contributed by atoms with van der Waals surface area (Å²) in [6.45, 7) is 14.9. The largest absolute Gasteiger partial charge is 0.383 e. The Hall–Kier alpha value is -2.65. The van der Waals surface area contributed by atoms with E-state index in [0.29, 0.717) is 30.6 Å². The zero-order chi connectivity index (χ0) is 25.1. The fourth-order valence-corrected chi connectivity index (χ4v) is 4.31. The Kier molecular flexibility index (Phi) is 11.3. The minimum absolute atomic E-state index is 0.0277. The molecular weight excluding hydrogens is 430 g/mol. The van der Waals surface area contributed by atoms with E-state index in [-0.39, 0.29) is 30.2 Å². The highest BCUT2D eigenvalue weighted by molar-refractivity contribution is 6.03. The highest BCUT2D eigenvalue weighted by atomic mass is 16.5. The number of amides is 1. The molecule has 4 N–H and O–H groups in total. The predicted octanol–water partition coefficient (Wildman–Crippen LogP) is 3.52. The number of ether oxygens (including phenoxy) is 1. The number of methoxy groups -OCH3 is 1. The van der Waals surface area contributed by atoms with Gasteiger partial charge in [-0.1, -0.05) is 39.0 Å². The minimum atomic E-state index is -0.108. The standard InChI is InChI=1S/C23H37N7O2.C2H6/c1-5-8-18(13-29-9-6-7-10-29)11-16(2)12-30-14-19(31)26-20-21(24)27-23(28-22(20)30)25-17(3)15-32-4;1-2/h5,8,11,16-17H,6-7,9-10,12-15H2,1-4H3,(H,26,31)(H3,24,25,27,28);1-2H3/b8-5-,18-11+;. The maximum absolute atomic E-state index is 12.3. The van der Waals surface area contributed by atoms with Crippen LogP contribution in [0.25, 0.3) is 0 Å². The molecule has 9 nitrogen and oxygen atoms in total. The van der Waals surface area contributed by atoms with Crippen LogP contribution in [0.1, 0.15) is 47.5 Å². The second-order valence-electron chi connectivity index (χ2n) is 8.76. The number of nitrogens with two attached hydrogens (primary N) is 1. The van der Waals surface area contributed by atoms with E-state index >= 15 is 0 Å². The van der Waals surface area contributed by atoms with Crippen molar-refractivity contribution in [2.24, 2.45) is 5.92 Å². The third kappa shape index (κ3) is 7.99. The number of nitrogen functional groups attached to an aromatic ring is 1. The Morgan fingerprint density at radius 1 is 1.26 bits per heavy atom. The van der Waals surface area contributed by atoms with Crippen molar-refractivity contribution in [1.29, 1.82) is 0 Å². The number of rotatable bonds is 10. The van der Waals surface area contributed by atoms with E-state index in [1.807, 2.05) is 32.6 Å². The molecule has 0 saturated carbocycles. The van der Waals surface area contributed by atoms with Crippen LogP contribution in [-0.4, -0.2) is 73.3 Å². The van der Waals surface area contributed by atoms with Gasteiger partial charge in [-0.15, -0.1) is 0 Å². The van der Waals surface area contributed by atoms with Crippen molar-refractivity contribution in [1.82, 2.24) is 14.9 Å². The molecule has 3 heterocycles. The van der Waals surface area contributed by atoms with Gasteiger partial charge in [-0.2, -0.15) is 9.97 Å². The first-order valence-corrected chi connectivity index (χ1v) is 12.4. The topological polar surface area (TPSA) is 109 Å². The van der Waals surface area contributed by atoms with Gasteiger partial charge >= 0.3 is 0 Å². The zero-order valence-corrected chi connectivity index (χ0v) is 21.7. The number of allylic oxidation sites excluding steroid dienone is 1. The van der Waals surface area contributed by atoms with Crippen molar-refractivity contribution >= 4 is 29.2 Å². The maximum atomic E-state index is 12.3. The Balaban J connectivity index is 0.00000199. The van der Waals surface area contributed by atoms with Crippen LogP contribution in [0.3, 0.4) is 0 Å². The first-order valence-electron chi connectivity index (χ1n) is 12.4. The van der Waals surface area contributed by atoms with Crippen LogP contribution in [0, 0.1) is 5.92 Å². The summed E-state index contributed by atoms with van der Waals surface area (Å²) < 4.78 is 5.18. The Labute approximate surface area is 204 Å². The lowest BCUT2D eigenvalue weighted by Crippen LogP contribution is -2.41. The van der Waals surface area contributed by atoms with E-state index in [9.17, 15) is 4.79 Å². The summed E-state index contributed by atoms with van der Waals surface area (Å²) in [5.74, 6) is 1.45. The zero-order valence-electron chi connectivity index (χ0n) is 21.7. The summed E-state index contributed by atoms with van der Waals surface area (Å²) >= 11 is 0. The van der Waals surface area contributed by atoms with Crippen molar-refractivity contribution < 1.29 is 9.53 Å². The Morgan fingerprint density at radius 3 is 2.62 bits per heavy atom. The predicted molar refractivity (Wildman–Crippen MR) is 141 cm³/mol. The lowest BCUT2D eigenvalue weighted by atomic mass is 10.1. The van der Waals surface area contributed by atoms with E-state index < -0.39 is 0 Å². The summed E-state index contributed by atoms with van der Waals surface area (Å²) in [5.41, 5.74) is 7.96. The number of nitrogens with zero attached hydrogens (tertiary/aromatic N) is 4. The fourth-order valence-electron chi connectivity index (χ4n) is 4.31. The lowest BCUT2D eigenvalue weighted by Gasteiger charge is -2.32. The number of fused-ring (bicyclic) bond motifs is 1. The Morgan fingerprint density at radius 2 is 1.97 bits per heavy atom. The first kappa shape index (κ1) is 27.6. The highest BCUT2D eigenvalue weighted by Crippen LogP contribution is 2.33. The minimum Gasteiger partial charge on any atom is -0.383 e. The molecule has 2 aliphatic heterocycles. The normalized spacial score (nSPS) is 18.2. The second-order valence-corrected chi connectivity index (χ2v) is 8.76. The molecule has 0 radical (unpaired) electrons. The van der Waals surface area contributed by atoms with Crippen molar-refractivity contribution in [2.75, 3.05) is 67.7 Å². The van der Waals surface area contributed by atoms with Gasteiger partial charge in [0.1, 0.15) is 5.69 Å². The third-order valence-electron chi connectivity index (χ3n) is 5.60. The lowest BCUT2D eigenvalue weighted by molar-refractivity contribution is -0.115. The van der Waals surface area contributed by atoms with Crippen molar-refractivity contribution in [3.63, 3.8) is 0 Å². The van der Waals surface area contributed by atoms with Gasteiger partial charge in [0.05, 0.1) is 13.2 Å². The van der Waals surface area contributed by atoms with Crippen LogP contribution >= 0.6 is 0 Å². The fraction of sp³-hybridized carbons (Fsp3) is 0.640. The summed E-state index contributed by atoms with van der Waals surface area (Å²) in [6.07, 6.45) is 9.13. The molecule has 2 aliphatic rings. The number of anilines is 4. The van der Waals surface area contributed by atoms with Gasteiger partial charge in [0.25, 0.3) is 0 Å². The molecule has 2 atom stereocenters. The molecule has 1 fully saturated rings. The molecule has 3 rings (SSSR count). The first-order chi connectivity index (χ1) is 16.4. The molecule has 0 aliphatic carbocycles. The Bertz CT molecular complexity index is 850. The number of likely N-dealkylation sites (tertiary alicyclic amines) is 1. The monoisotopic (exact) mass is 473 g/mol. The van der Waals surface area contributed by atoms with Gasteiger partial charge in [0.2, 0.25) is 11.9 Å². The van der Waals surface area contributed by atoms with Crippen LogP contribution in [0.5, 0.6) is 0 Å². The van der Waals surface area contributed by atoms with Crippen LogP contribution in [0.15, 0.2) is 23.8 Å². The molecule has 0 bridgehead atoms. The van der Waals surface area contributed by atoms with Crippen LogP contribution in [0.4, 0.5) is 23.3 Å². The van der Waals surface area contributed by atoms with Crippen LogP contribution in [-0.2, 0) is 9.53 Å². The van der Waals surface area contributed by atoms with Gasteiger partial charge in [0, 0.05) is 26.2 Å². The number of hydrogen-bond donors (Lipinski definition) is 3. The third-order valence-corrected chi connectivity index (χ3v) is 5.60. The maximum Gasteiger partial charge on any atom is 0.244 e.